The summed E-state index contributed by atoms with van der Waals surface area (Å²) in [4.78, 5) is 36.0. The predicted octanol–water partition coefficient (Wildman–Crippen LogP) is -0.191. The lowest BCUT2D eigenvalue weighted by atomic mass is 9.97. The van der Waals surface area contributed by atoms with Gasteiger partial charge >= 0.3 is 17.9 Å². The molecule has 0 bridgehead atoms. The van der Waals surface area contributed by atoms with E-state index in [0.717, 1.165) is 20.8 Å². The zero-order valence-electron chi connectivity index (χ0n) is 12.7. The smallest absolute Gasteiger partial charge is 0.303 e. The van der Waals surface area contributed by atoms with Gasteiger partial charge in [-0.1, -0.05) is 5.11 Å². The Hall–Kier alpha value is -2.36. The highest BCUT2D eigenvalue weighted by molar-refractivity contribution is 5.67. The Bertz CT molecular complexity index is 518. The number of nitrogens with zero attached hydrogens (tertiary/aromatic N) is 3. The van der Waals surface area contributed by atoms with E-state index in [1.54, 1.807) is 0 Å². The highest BCUT2D eigenvalue weighted by Crippen LogP contribution is 2.28. The molecule has 0 saturated carbocycles. The maximum absolute atomic E-state index is 11.3. The SMILES string of the molecule is CC(=O)OCC1OC(O)C(N=[N+]=[N-])C(OC(C)=O)[C@@H]1OC(C)=O. The first-order chi connectivity index (χ1) is 10.8. The van der Waals surface area contributed by atoms with E-state index in [0.29, 0.717) is 0 Å². The van der Waals surface area contributed by atoms with Crippen molar-refractivity contribution in [3.05, 3.63) is 10.4 Å². The number of ether oxygens (including phenoxy) is 4. The van der Waals surface area contributed by atoms with Gasteiger partial charge in [0.15, 0.2) is 18.5 Å². The number of rotatable bonds is 5. The molecule has 0 aromatic heterocycles. The molecule has 1 heterocycles. The van der Waals surface area contributed by atoms with E-state index in [-0.39, 0.29) is 6.61 Å². The molecule has 0 aromatic rings. The van der Waals surface area contributed by atoms with Gasteiger partial charge in [0.05, 0.1) is 0 Å². The largest absolute Gasteiger partial charge is 0.463 e. The van der Waals surface area contributed by atoms with E-state index in [4.69, 9.17) is 24.5 Å². The second-order valence-corrected chi connectivity index (χ2v) is 4.71. The second kappa shape index (κ2) is 8.32. The van der Waals surface area contributed by atoms with Crippen molar-refractivity contribution >= 4 is 17.9 Å². The number of hydrogen-bond donors (Lipinski definition) is 1. The van der Waals surface area contributed by atoms with Crippen LogP contribution >= 0.6 is 0 Å². The molecule has 11 heteroatoms. The molecule has 23 heavy (non-hydrogen) atoms. The summed E-state index contributed by atoms with van der Waals surface area (Å²) in [7, 11) is 0. The number of hydrogen-bond acceptors (Lipinski definition) is 9. The van der Waals surface area contributed by atoms with Crippen LogP contribution in [-0.2, 0) is 33.3 Å². The molecule has 5 atom stereocenters. The highest BCUT2D eigenvalue weighted by atomic mass is 16.7. The minimum atomic E-state index is -1.64. The highest BCUT2D eigenvalue weighted by Gasteiger charge is 2.49. The van der Waals surface area contributed by atoms with Gasteiger partial charge in [-0.15, -0.1) is 0 Å². The fourth-order valence-electron chi connectivity index (χ4n) is 2.08. The van der Waals surface area contributed by atoms with Crippen molar-refractivity contribution < 1.29 is 38.4 Å². The standard InChI is InChI=1S/C12H17N3O8/c1-5(16)20-4-8-10(21-6(2)17)11(22-7(3)18)9(14-15-13)12(19)23-8/h8-12,19H,4H2,1-3H3/t8?,9?,10-,11?,12?/m1/s1. The van der Waals surface area contributed by atoms with Crippen LogP contribution in [0.5, 0.6) is 0 Å². The molecule has 11 nitrogen and oxygen atoms in total. The molecule has 0 aromatic carbocycles. The third-order valence-corrected chi connectivity index (χ3v) is 2.87. The number of carbonyl (C=O) groups excluding carboxylic acids is 3. The monoisotopic (exact) mass is 331 g/mol. The molecular weight excluding hydrogens is 314 g/mol. The van der Waals surface area contributed by atoms with Crippen LogP contribution in [0.15, 0.2) is 5.11 Å². The Balaban J connectivity index is 3.11. The van der Waals surface area contributed by atoms with Gasteiger partial charge in [-0.05, 0) is 5.53 Å². The maximum atomic E-state index is 11.3. The van der Waals surface area contributed by atoms with Crippen molar-refractivity contribution in [2.45, 2.75) is 51.4 Å². The van der Waals surface area contributed by atoms with Gasteiger partial charge < -0.3 is 24.1 Å². The van der Waals surface area contributed by atoms with Crippen LogP contribution < -0.4 is 0 Å². The topological polar surface area (TPSA) is 157 Å². The number of aliphatic hydroxyl groups excluding tert-OH is 1. The summed E-state index contributed by atoms with van der Waals surface area (Å²) < 4.78 is 20.0. The Morgan fingerprint density at radius 1 is 1.13 bits per heavy atom. The van der Waals surface area contributed by atoms with Crippen molar-refractivity contribution in [1.82, 2.24) is 0 Å². The normalized spacial score (nSPS) is 29.8. The lowest BCUT2D eigenvalue weighted by Gasteiger charge is -2.41. The van der Waals surface area contributed by atoms with Crippen LogP contribution in [-0.4, -0.2) is 60.3 Å². The van der Waals surface area contributed by atoms with Crippen molar-refractivity contribution in [2.24, 2.45) is 5.11 Å². The van der Waals surface area contributed by atoms with E-state index >= 15 is 0 Å². The van der Waals surface area contributed by atoms with Gasteiger partial charge in [-0.2, -0.15) is 0 Å². The van der Waals surface area contributed by atoms with Crippen LogP contribution in [0.4, 0.5) is 0 Å². The fraction of sp³-hybridized carbons (Fsp3) is 0.750. The average Bonchev–Trinajstić information content (AvgIpc) is 2.42. The van der Waals surface area contributed by atoms with E-state index in [2.05, 4.69) is 10.0 Å². The zero-order valence-corrected chi connectivity index (χ0v) is 12.7. The molecule has 4 unspecified atom stereocenters. The molecular formula is C12H17N3O8. The maximum Gasteiger partial charge on any atom is 0.303 e. The van der Waals surface area contributed by atoms with Gasteiger partial charge in [-0.3, -0.25) is 14.4 Å². The molecule has 1 aliphatic rings. The third-order valence-electron chi connectivity index (χ3n) is 2.87. The van der Waals surface area contributed by atoms with Crippen molar-refractivity contribution in [2.75, 3.05) is 6.61 Å². The molecule has 1 rings (SSSR count). The van der Waals surface area contributed by atoms with Crippen molar-refractivity contribution in [3.8, 4) is 0 Å². The van der Waals surface area contributed by atoms with Crippen molar-refractivity contribution in [3.63, 3.8) is 0 Å². The molecule has 0 spiro atoms. The first-order valence-electron chi connectivity index (χ1n) is 6.61. The number of aliphatic hydroxyl groups is 1. The molecule has 1 N–H and O–H groups in total. The Morgan fingerprint density at radius 2 is 1.70 bits per heavy atom. The lowest BCUT2D eigenvalue weighted by Crippen LogP contribution is -2.60. The van der Waals surface area contributed by atoms with Gasteiger partial charge in [-0.25, -0.2) is 0 Å². The van der Waals surface area contributed by atoms with Crippen LogP contribution in [0.1, 0.15) is 20.8 Å². The van der Waals surface area contributed by atoms with E-state index in [9.17, 15) is 19.5 Å². The summed E-state index contributed by atoms with van der Waals surface area (Å²) in [5.41, 5.74) is 8.57. The van der Waals surface area contributed by atoms with Crippen LogP contribution in [0.2, 0.25) is 0 Å². The predicted molar refractivity (Wildman–Crippen MR) is 71.6 cm³/mol. The average molecular weight is 331 g/mol. The van der Waals surface area contributed by atoms with Crippen molar-refractivity contribution in [1.29, 1.82) is 0 Å². The van der Waals surface area contributed by atoms with E-state index < -0.39 is 48.6 Å². The minimum Gasteiger partial charge on any atom is -0.463 e. The summed E-state index contributed by atoms with van der Waals surface area (Å²) in [6.45, 7) is 3.01. The first kappa shape index (κ1) is 18.7. The number of esters is 3. The lowest BCUT2D eigenvalue weighted by molar-refractivity contribution is -0.260. The van der Waals surface area contributed by atoms with Gasteiger partial charge in [0.1, 0.15) is 18.8 Å². The number of carbonyl (C=O) groups is 3. The fourth-order valence-corrected chi connectivity index (χ4v) is 2.08. The summed E-state index contributed by atoms with van der Waals surface area (Å²) in [5, 5.41) is 13.2. The molecule has 0 amide bonds. The molecule has 1 fully saturated rings. The number of azide groups is 1. The van der Waals surface area contributed by atoms with Crippen LogP contribution in [0, 0.1) is 0 Å². The summed E-state index contributed by atoms with van der Waals surface area (Å²) in [5.74, 6) is -2.09. The summed E-state index contributed by atoms with van der Waals surface area (Å²) in [6, 6.07) is -1.33. The van der Waals surface area contributed by atoms with Gasteiger partial charge in [0, 0.05) is 25.7 Å². The summed E-state index contributed by atoms with van der Waals surface area (Å²) >= 11 is 0. The van der Waals surface area contributed by atoms with E-state index in [1.807, 2.05) is 0 Å². The third kappa shape index (κ3) is 5.40. The zero-order chi connectivity index (χ0) is 17.6. The first-order valence-corrected chi connectivity index (χ1v) is 6.61. The van der Waals surface area contributed by atoms with E-state index in [1.165, 1.54) is 0 Å². The second-order valence-electron chi connectivity index (χ2n) is 4.71. The summed E-state index contributed by atoms with van der Waals surface area (Å²) in [6.07, 6.45) is -5.26. The van der Waals surface area contributed by atoms with Crippen LogP contribution in [0.3, 0.4) is 0 Å². The molecule has 128 valence electrons. The molecule has 1 saturated heterocycles. The Morgan fingerprint density at radius 3 is 2.17 bits per heavy atom. The molecule has 1 aliphatic heterocycles. The quantitative estimate of drug-likeness (QED) is 0.239. The van der Waals surface area contributed by atoms with Gasteiger partial charge in [0.2, 0.25) is 0 Å². The minimum absolute atomic E-state index is 0.356. The van der Waals surface area contributed by atoms with Gasteiger partial charge in [0.25, 0.3) is 0 Å². The van der Waals surface area contributed by atoms with Crippen LogP contribution in [0.25, 0.3) is 10.4 Å². The Labute approximate surface area is 131 Å². The molecule has 0 radical (unpaired) electrons. The Kier molecular flexibility index (Phi) is 6.76. The molecule has 0 aliphatic carbocycles.